The van der Waals surface area contributed by atoms with E-state index < -0.39 is 0 Å². The minimum absolute atomic E-state index is 0. The molecule has 2 N–H and O–H groups in total. The van der Waals surface area contributed by atoms with Gasteiger partial charge in [0.15, 0.2) is 0 Å². The summed E-state index contributed by atoms with van der Waals surface area (Å²) < 4.78 is 2.87. The normalized spacial score (nSPS) is 16.6. The van der Waals surface area contributed by atoms with Gasteiger partial charge in [0.25, 0.3) is 0 Å². The molecule has 5 nitrogen and oxygen atoms in total. The lowest BCUT2D eigenvalue weighted by Crippen LogP contribution is -2.17. The van der Waals surface area contributed by atoms with Gasteiger partial charge in [-0.15, -0.1) is 12.4 Å². The molecule has 130 valence electrons. The monoisotopic (exact) mass is 412 g/mol. The first-order valence-electron chi connectivity index (χ1n) is 7.97. The summed E-state index contributed by atoms with van der Waals surface area (Å²) in [6.45, 7) is 2.75. The van der Waals surface area contributed by atoms with E-state index >= 15 is 0 Å². The Morgan fingerprint density at radius 2 is 2.12 bits per heavy atom. The molecule has 1 saturated heterocycles. The van der Waals surface area contributed by atoms with Crippen molar-refractivity contribution in [1.29, 1.82) is 0 Å². The number of carbonyl (C=O) groups excluding carboxylic acids is 1. The first kappa shape index (κ1) is 19.0. The van der Waals surface area contributed by atoms with Gasteiger partial charge in [-0.2, -0.15) is 5.10 Å². The number of halogens is 2. The Morgan fingerprint density at radius 1 is 1.33 bits per heavy atom. The maximum atomic E-state index is 12.1. The van der Waals surface area contributed by atoms with Gasteiger partial charge >= 0.3 is 0 Å². The summed E-state index contributed by atoms with van der Waals surface area (Å²) >= 11 is 3.43. The number of hydrogen-bond acceptors (Lipinski definition) is 3. The molecule has 1 atom stereocenters. The number of benzene rings is 1. The quantitative estimate of drug-likeness (QED) is 0.762. The first-order valence-corrected chi connectivity index (χ1v) is 8.77. The Bertz CT molecular complexity index is 653. The lowest BCUT2D eigenvalue weighted by Gasteiger charge is -2.11. The van der Waals surface area contributed by atoms with Crippen molar-refractivity contribution in [2.24, 2.45) is 5.92 Å². The van der Waals surface area contributed by atoms with Crippen molar-refractivity contribution < 1.29 is 4.79 Å². The Balaban J connectivity index is 0.00000208. The third kappa shape index (κ3) is 5.33. The zero-order valence-corrected chi connectivity index (χ0v) is 15.8. The third-order valence-corrected chi connectivity index (χ3v) is 4.70. The summed E-state index contributed by atoms with van der Waals surface area (Å²) in [4.78, 5) is 12.1. The van der Waals surface area contributed by atoms with E-state index in [9.17, 15) is 4.79 Å². The zero-order valence-electron chi connectivity index (χ0n) is 13.4. The number of carbonyl (C=O) groups is 1. The molecule has 1 aromatic heterocycles. The van der Waals surface area contributed by atoms with Crippen molar-refractivity contribution in [3.8, 4) is 0 Å². The first-order chi connectivity index (χ1) is 11.2. The maximum Gasteiger partial charge on any atom is 0.225 e. The third-order valence-electron chi connectivity index (χ3n) is 4.17. The fourth-order valence-electron chi connectivity index (χ4n) is 2.83. The molecule has 3 rings (SSSR count). The minimum Gasteiger partial charge on any atom is -0.316 e. The zero-order chi connectivity index (χ0) is 16.1. The molecule has 1 aromatic carbocycles. The molecule has 0 spiro atoms. The van der Waals surface area contributed by atoms with Crippen LogP contribution < -0.4 is 10.6 Å². The van der Waals surface area contributed by atoms with Crippen LogP contribution in [0.1, 0.15) is 24.8 Å². The lowest BCUT2D eigenvalue weighted by molar-refractivity contribution is -0.116. The standard InChI is InChI=1S/C17H21BrN4O.ClH/c18-15-4-1-14(2-5-15)12-22-16(8-10-20-22)21-17(23)6-3-13-7-9-19-11-13;/h1-2,4-5,8,10,13,19H,3,6-7,9,11-12H2,(H,21,23);1H. The summed E-state index contributed by atoms with van der Waals surface area (Å²) in [5.41, 5.74) is 1.14. The van der Waals surface area contributed by atoms with Crippen LogP contribution in [0.2, 0.25) is 0 Å². The van der Waals surface area contributed by atoms with Gasteiger partial charge in [0.2, 0.25) is 5.91 Å². The maximum absolute atomic E-state index is 12.1. The molecule has 1 amide bonds. The van der Waals surface area contributed by atoms with Gasteiger partial charge in [-0.1, -0.05) is 28.1 Å². The van der Waals surface area contributed by atoms with Gasteiger partial charge in [-0.3, -0.25) is 4.79 Å². The molecule has 0 radical (unpaired) electrons. The summed E-state index contributed by atoms with van der Waals surface area (Å²) in [7, 11) is 0. The van der Waals surface area contributed by atoms with Crippen LogP contribution in [0.3, 0.4) is 0 Å². The van der Waals surface area contributed by atoms with E-state index in [2.05, 4.69) is 31.7 Å². The van der Waals surface area contributed by atoms with E-state index in [1.807, 2.05) is 35.0 Å². The largest absolute Gasteiger partial charge is 0.316 e. The molecule has 0 aliphatic carbocycles. The molecule has 0 saturated carbocycles. The number of nitrogens with one attached hydrogen (secondary N) is 2. The van der Waals surface area contributed by atoms with Crippen LogP contribution in [0.25, 0.3) is 0 Å². The summed E-state index contributed by atoms with van der Waals surface area (Å²) in [6, 6.07) is 9.95. The SMILES string of the molecule is Cl.O=C(CCC1CCNC1)Nc1ccnn1Cc1ccc(Br)cc1. The van der Waals surface area contributed by atoms with E-state index in [4.69, 9.17) is 0 Å². The Labute approximate surface area is 156 Å². The lowest BCUT2D eigenvalue weighted by atomic mass is 10.0. The van der Waals surface area contributed by atoms with Gasteiger partial charge in [-0.25, -0.2) is 4.68 Å². The average molecular weight is 414 g/mol. The molecule has 1 fully saturated rings. The minimum atomic E-state index is 0. The predicted molar refractivity (Wildman–Crippen MR) is 102 cm³/mol. The Hall–Kier alpha value is -1.37. The van der Waals surface area contributed by atoms with E-state index in [1.54, 1.807) is 6.20 Å². The highest BCUT2D eigenvalue weighted by Gasteiger charge is 2.16. The topological polar surface area (TPSA) is 59.0 Å². The van der Waals surface area contributed by atoms with Crippen LogP contribution >= 0.6 is 28.3 Å². The van der Waals surface area contributed by atoms with Gasteiger partial charge < -0.3 is 10.6 Å². The van der Waals surface area contributed by atoms with Crippen LogP contribution in [0.15, 0.2) is 41.0 Å². The van der Waals surface area contributed by atoms with Gasteiger partial charge in [-0.05, 0) is 49.5 Å². The van der Waals surface area contributed by atoms with Crippen molar-refractivity contribution in [3.63, 3.8) is 0 Å². The number of rotatable bonds is 6. The van der Waals surface area contributed by atoms with E-state index in [-0.39, 0.29) is 18.3 Å². The Morgan fingerprint density at radius 3 is 2.83 bits per heavy atom. The summed E-state index contributed by atoms with van der Waals surface area (Å²) in [5.74, 6) is 1.45. The predicted octanol–water partition coefficient (Wildman–Crippen LogP) is 3.44. The highest BCUT2D eigenvalue weighted by atomic mass is 79.9. The van der Waals surface area contributed by atoms with Crippen LogP contribution in [0.4, 0.5) is 5.82 Å². The van der Waals surface area contributed by atoms with Gasteiger partial charge in [0.05, 0.1) is 12.7 Å². The van der Waals surface area contributed by atoms with Crippen molar-refractivity contribution in [2.45, 2.75) is 25.8 Å². The molecule has 1 aliphatic heterocycles. The number of nitrogens with zero attached hydrogens (tertiary/aromatic N) is 2. The fourth-order valence-corrected chi connectivity index (χ4v) is 3.09. The molecule has 7 heteroatoms. The van der Waals surface area contributed by atoms with Gasteiger partial charge in [0.1, 0.15) is 5.82 Å². The van der Waals surface area contributed by atoms with Crippen LogP contribution in [-0.2, 0) is 11.3 Å². The summed E-state index contributed by atoms with van der Waals surface area (Å²) in [5, 5.41) is 10.6. The molecule has 1 unspecified atom stereocenters. The molecule has 0 bridgehead atoms. The molecular weight excluding hydrogens is 392 g/mol. The average Bonchev–Trinajstić information content (AvgIpc) is 3.20. The van der Waals surface area contributed by atoms with Crippen molar-refractivity contribution >= 4 is 40.1 Å². The van der Waals surface area contributed by atoms with Crippen molar-refractivity contribution in [2.75, 3.05) is 18.4 Å². The van der Waals surface area contributed by atoms with E-state index in [1.165, 1.54) is 6.42 Å². The van der Waals surface area contributed by atoms with Crippen LogP contribution in [0.5, 0.6) is 0 Å². The van der Waals surface area contributed by atoms with Gasteiger partial charge in [0, 0.05) is 17.0 Å². The number of aromatic nitrogens is 2. The number of amides is 1. The van der Waals surface area contributed by atoms with Crippen LogP contribution in [-0.4, -0.2) is 28.8 Å². The molecular formula is C17H22BrClN4O. The second kappa shape index (κ2) is 9.20. The van der Waals surface area contributed by atoms with E-state index in [0.717, 1.165) is 35.4 Å². The molecule has 2 aromatic rings. The Kier molecular flexibility index (Phi) is 7.27. The second-order valence-electron chi connectivity index (χ2n) is 5.95. The highest BCUT2D eigenvalue weighted by molar-refractivity contribution is 9.10. The number of hydrogen-bond donors (Lipinski definition) is 2. The smallest absolute Gasteiger partial charge is 0.225 e. The fraction of sp³-hybridized carbons (Fsp3) is 0.412. The summed E-state index contributed by atoms with van der Waals surface area (Å²) in [6.07, 6.45) is 4.40. The second-order valence-corrected chi connectivity index (χ2v) is 6.86. The van der Waals surface area contributed by atoms with Crippen molar-refractivity contribution in [1.82, 2.24) is 15.1 Å². The highest BCUT2D eigenvalue weighted by Crippen LogP contribution is 2.16. The molecule has 1 aliphatic rings. The molecule has 24 heavy (non-hydrogen) atoms. The number of anilines is 1. The molecule has 2 heterocycles. The van der Waals surface area contributed by atoms with E-state index in [0.29, 0.717) is 18.9 Å². The van der Waals surface area contributed by atoms with Crippen molar-refractivity contribution in [3.05, 3.63) is 46.6 Å². The van der Waals surface area contributed by atoms with Crippen LogP contribution in [0, 0.1) is 5.92 Å².